The number of anilines is 1. The molecule has 0 saturated heterocycles. The van der Waals surface area contributed by atoms with Gasteiger partial charge in [-0.25, -0.2) is 9.97 Å². The van der Waals surface area contributed by atoms with Gasteiger partial charge >= 0.3 is 0 Å². The van der Waals surface area contributed by atoms with Crippen LogP contribution in [-0.2, 0) is 4.74 Å². The third-order valence-corrected chi connectivity index (χ3v) is 2.09. The minimum absolute atomic E-state index is 0.515. The Balaban J connectivity index is 2.41. The standard InChI is InChI=1S/C11H19N3O2/c1-4-5-15-6-7-16-11-9(2)10(12-3)13-8-14-11/h8H,4-7H2,1-3H3,(H,12,13,14). The van der Waals surface area contributed by atoms with Crippen LogP contribution in [0.5, 0.6) is 5.88 Å². The summed E-state index contributed by atoms with van der Waals surface area (Å²) in [6.07, 6.45) is 2.51. The number of hydrogen-bond acceptors (Lipinski definition) is 5. The first-order valence-corrected chi connectivity index (χ1v) is 5.49. The monoisotopic (exact) mass is 225 g/mol. The molecule has 0 spiro atoms. The summed E-state index contributed by atoms with van der Waals surface area (Å²) in [6, 6.07) is 0. The summed E-state index contributed by atoms with van der Waals surface area (Å²) in [5.74, 6) is 1.40. The lowest BCUT2D eigenvalue weighted by molar-refractivity contribution is 0.0987. The van der Waals surface area contributed by atoms with E-state index < -0.39 is 0 Å². The highest BCUT2D eigenvalue weighted by Crippen LogP contribution is 2.19. The maximum absolute atomic E-state index is 5.51. The average molecular weight is 225 g/mol. The summed E-state index contributed by atoms with van der Waals surface area (Å²) in [5.41, 5.74) is 0.917. The number of hydrogen-bond donors (Lipinski definition) is 1. The van der Waals surface area contributed by atoms with Crippen LogP contribution in [0.3, 0.4) is 0 Å². The van der Waals surface area contributed by atoms with E-state index in [9.17, 15) is 0 Å². The van der Waals surface area contributed by atoms with E-state index in [1.165, 1.54) is 6.33 Å². The van der Waals surface area contributed by atoms with E-state index in [1.807, 2.05) is 14.0 Å². The number of nitrogens with one attached hydrogen (secondary N) is 1. The van der Waals surface area contributed by atoms with Crippen molar-refractivity contribution in [3.05, 3.63) is 11.9 Å². The molecule has 0 saturated carbocycles. The van der Waals surface area contributed by atoms with E-state index in [4.69, 9.17) is 9.47 Å². The largest absolute Gasteiger partial charge is 0.475 e. The Labute approximate surface area is 96.2 Å². The van der Waals surface area contributed by atoms with Gasteiger partial charge in [-0.1, -0.05) is 6.92 Å². The fourth-order valence-corrected chi connectivity index (χ4v) is 1.28. The molecule has 5 heteroatoms. The fourth-order valence-electron chi connectivity index (χ4n) is 1.28. The lowest BCUT2D eigenvalue weighted by Crippen LogP contribution is -2.09. The average Bonchev–Trinajstić information content (AvgIpc) is 2.31. The summed E-state index contributed by atoms with van der Waals surface area (Å²) in [7, 11) is 1.82. The Kier molecular flexibility index (Phi) is 5.56. The lowest BCUT2D eigenvalue weighted by Gasteiger charge is -2.10. The molecule has 0 aromatic carbocycles. The molecule has 1 aromatic rings. The molecule has 0 aliphatic carbocycles. The van der Waals surface area contributed by atoms with Gasteiger partial charge in [0.25, 0.3) is 0 Å². The smallest absolute Gasteiger partial charge is 0.221 e. The number of ether oxygens (including phenoxy) is 2. The van der Waals surface area contributed by atoms with Crippen molar-refractivity contribution in [1.29, 1.82) is 0 Å². The van der Waals surface area contributed by atoms with Crippen LogP contribution in [-0.4, -0.2) is 36.8 Å². The predicted octanol–water partition coefficient (Wildman–Crippen LogP) is 1.63. The third-order valence-electron chi connectivity index (χ3n) is 2.09. The zero-order valence-electron chi connectivity index (χ0n) is 10.1. The number of rotatable bonds is 7. The van der Waals surface area contributed by atoms with Crippen LogP contribution in [0.1, 0.15) is 18.9 Å². The topological polar surface area (TPSA) is 56.3 Å². The minimum Gasteiger partial charge on any atom is -0.475 e. The zero-order valence-corrected chi connectivity index (χ0v) is 10.1. The first-order valence-electron chi connectivity index (χ1n) is 5.49. The normalized spacial score (nSPS) is 10.2. The van der Waals surface area contributed by atoms with E-state index in [-0.39, 0.29) is 0 Å². The fraction of sp³-hybridized carbons (Fsp3) is 0.636. The highest BCUT2D eigenvalue weighted by atomic mass is 16.5. The molecule has 90 valence electrons. The van der Waals surface area contributed by atoms with Gasteiger partial charge in [-0.3, -0.25) is 0 Å². The van der Waals surface area contributed by atoms with E-state index in [1.54, 1.807) is 0 Å². The van der Waals surface area contributed by atoms with Gasteiger partial charge in [0.2, 0.25) is 5.88 Å². The molecule has 5 nitrogen and oxygen atoms in total. The molecule has 0 radical (unpaired) electrons. The molecule has 0 aliphatic heterocycles. The van der Waals surface area contributed by atoms with Gasteiger partial charge in [0.05, 0.1) is 12.2 Å². The Morgan fingerprint density at radius 2 is 2.06 bits per heavy atom. The first kappa shape index (κ1) is 12.7. The van der Waals surface area contributed by atoms with Crippen molar-refractivity contribution < 1.29 is 9.47 Å². The van der Waals surface area contributed by atoms with Crippen LogP contribution in [0.2, 0.25) is 0 Å². The summed E-state index contributed by atoms with van der Waals surface area (Å²) >= 11 is 0. The van der Waals surface area contributed by atoms with E-state index in [2.05, 4.69) is 22.2 Å². The van der Waals surface area contributed by atoms with Gasteiger partial charge in [0.15, 0.2) is 0 Å². The van der Waals surface area contributed by atoms with Crippen LogP contribution in [0.25, 0.3) is 0 Å². The molecule has 1 aromatic heterocycles. The Bertz CT molecular complexity index is 318. The second-order valence-electron chi connectivity index (χ2n) is 3.36. The summed E-state index contributed by atoms with van der Waals surface area (Å²) in [4.78, 5) is 8.16. The lowest BCUT2D eigenvalue weighted by atomic mass is 10.3. The second kappa shape index (κ2) is 7.00. The van der Waals surface area contributed by atoms with Crippen LogP contribution >= 0.6 is 0 Å². The third kappa shape index (κ3) is 3.66. The second-order valence-corrected chi connectivity index (χ2v) is 3.36. The molecule has 1 rings (SSSR count). The maximum atomic E-state index is 5.51. The highest BCUT2D eigenvalue weighted by molar-refractivity contribution is 5.46. The van der Waals surface area contributed by atoms with Crippen molar-refractivity contribution in [2.45, 2.75) is 20.3 Å². The molecule has 0 fully saturated rings. The van der Waals surface area contributed by atoms with Crippen molar-refractivity contribution in [1.82, 2.24) is 9.97 Å². The van der Waals surface area contributed by atoms with Crippen molar-refractivity contribution in [3.8, 4) is 5.88 Å². The van der Waals surface area contributed by atoms with Crippen LogP contribution in [0, 0.1) is 6.92 Å². The molecule has 16 heavy (non-hydrogen) atoms. The zero-order chi connectivity index (χ0) is 11.8. The summed E-state index contributed by atoms with van der Waals surface area (Å²) in [5, 5.41) is 2.98. The SMILES string of the molecule is CCCOCCOc1ncnc(NC)c1C. The van der Waals surface area contributed by atoms with Gasteiger partial charge in [0, 0.05) is 13.7 Å². The summed E-state index contributed by atoms with van der Waals surface area (Å²) in [6.45, 7) is 5.88. The Hall–Kier alpha value is -1.36. The van der Waals surface area contributed by atoms with Gasteiger partial charge in [-0.05, 0) is 13.3 Å². The van der Waals surface area contributed by atoms with Crippen LogP contribution in [0.15, 0.2) is 6.33 Å². The Morgan fingerprint density at radius 1 is 1.25 bits per heavy atom. The molecular weight excluding hydrogens is 206 g/mol. The summed E-state index contributed by atoms with van der Waals surface area (Å²) < 4.78 is 10.8. The van der Waals surface area contributed by atoms with Gasteiger partial charge < -0.3 is 14.8 Å². The molecule has 0 atom stereocenters. The van der Waals surface area contributed by atoms with Crippen molar-refractivity contribution >= 4 is 5.82 Å². The molecule has 0 aliphatic rings. The molecule has 1 heterocycles. The highest BCUT2D eigenvalue weighted by Gasteiger charge is 2.06. The van der Waals surface area contributed by atoms with Gasteiger partial charge in [-0.15, -0.1) is 0 Å². The maximum Gasteiger partial charge on any atom is 0.221 e. The van der Waals surface area contributed by atoms with E-state index >= 15 is 0 Å². The van der Waals surface area contributed by atoms with Gasteiger partial charge in [-0.2, -0.15) is 0 Å². The van der Waals surface area contributed by atoms with E-state index in [0.717, 1.165) is 24.4 Å². The predicted molar refractivity (Wildman–Crippen MR) is 62.9 cm³/mol. The van der Waals surface area contributed by atoms with Crippen LogP contribution < -0.4 is 10.1 Å². The Morgan fingerprint density at radius 3 is 2.75 bits per heavy atom. The van der Waals surface area contributed by atoms with Crippen molar-refractivity contribution in [2.75, 3.05) is 32.2 Å². The van der Waals surface area contributed by atoms with Crippen LogP contribution in [0.4, 0.5) is 5.82 Å². The molecule has 0 amide bonds. The van der Waals surface area contributed by atoms with Crippen molar-refractivity contribution in [2.24, 2.45) is 0 Å². The first-order chi connectivity index (χ1) is 7.79. The molecule has 1 N–H and O–H groups in total. The number of nitrogens with zero attached hydrogens (tertiary/aromatic N) is 2. The molecule has 0 unspecified atom stereocenters. The number of aromatic nitrogens is 2. The molecular formula is C11H19N3O2. The van der Waals surface area contributed by atoms with E-state index in [0.29, 0.717) is 19.1 Å². The minimum atomic E-state index is 0.515. The quantitative estimate of drug-likeness (QED) is 0.715. The van der Waals surface area contributed by atoms with Crippen molar-refractivity contribution in [3.63, 3.8) is 0 Å². The van der Waals surface area contributed by atoms with Gasteiger partial charge in [0.1, 0.15) is 18.8 Å². The molecule has 0 bridgehead atoms.